The number of ether oxygens (including phenoxy) is 2. The topological polar surface area (TPSA) is 109 Å². The van der Waals surface area contributed by atoms with Crippen molar-refractivity contribution in [2.45, 2.75) is 96.5 Å². The zero-order chi connectivity index (χ0) is 22.9. The summed E-state index contributed by atoms with van der Waals surface area (Å²) in [7, 11) is 1.80. The monoisotopic (exact) mass is 451 g/mol. The first-order valence-electron chi connectivity index (χ1n) is 11.3. The standard InChI is InChI=1S/C23H37N3O4S/c1-13(27)12-14-6-11-17-18(14)19(21(25)31-17)20(24)29-16-9-7-15(8-10-16)26(5)22(28)30-23(2,3)4/h13-16,25,27H,6-12,24H2,1-5H3/b20-19+,25-21?/t13-,14+,15-,16-/m0/s1. The van der Waals surface area contributed by atoms with Gasteiger partial charge in [-0.15, -0.1) is 0 Å². The summed E-state index contributed by atoms with van der Waals surface area (Å²) >= 11 is 1.48. The molecule has 4 N–H and O–H groups in total. The highest BCUT2D eigenvalue weighted by Crippen LogP contribution is 2.51. The molecule has 174 valence electrons. The van der Waals surface area contributed by atoms with Crippen molar-refractivity contribution in [3.05, 3.63) is 21.9 Å². The number of thioether (sulfide) groups is 1. The molecule has 3 rings (SSSR count). The van der Waals surface area contributed by atoms with Gasteiger partial charge in [0.25, 0.3) is 0 Å². The van der Waals surface area contributed by atoms with E-state index < -0.39 is 5.60 Å². The summed E-state index contributed by atoms with van der Waals surface area (Å²) in [6.07, 6.45) is 5.19. The molecule has 2 atom stereocenters. The number of nitrogens with zero attached hydrogens (tertiary/aromatic N) is 1. The average molecular weight is 452 g/mol. The van der Waals surface area contributed by atoms with Gasteiger partial charge in [0.2, 0.25) is 0 Å². The van der Waals surface area contributed by atoms with Crippen LogP contribution in [-0.2, 0) is 9.47 Å². The van der Waals surface area contributed by atoms with Gasteiger partial charge in [0.1, 0.15) is 16.7 Å². The Bertz CT molecular complexity index is 776. The molecular formula is C23H37N3O4S. The first kappa shape index (κ1) is 24.0. The number of nitrogens with two attached hydrogens (primary N) is 1. The van der Waals surface area contributed by atoms with Crippen LogP contribution >= 0.6 is 11.8 Å². The largest absolute Gasteiger partial charge is 0.476 e. The molecule has 1 saturated carbocycles. The second-order valence-electron chi connectivity index (χ2n) is 9.97. The number of hydrogen-bond donors (Lipinski definition) is 3. The van der Waals surface area contributed by atoms with Gasteiger partial charge in [-0.1, -0.05) is 11.8 Å². The third-order valence-electron chi connectivity index (χ3n) is 6.19. The quantitative estimate of drug-likeness (QED) is 0.531. The fourth-order valence-electron chi connectivity index (χ4n) is 4.72. The number of nitrogens with one attached hydrogen (secondary N) is 1. The van der Waals surface area contributed by atoms with Crippen LogP contribution in [0.15, 0.2) is 21.9 Å². The van der Waals surface area contributed by atoms with E-state index in [-0.39, 0.29) is 30.3 Å². The molecule has 0 unspecified atom stereocenters. The van der Waals surface area contributed by atoms with Gasteiger partial charge in [-0.05, 0) is 89.0 Å². The summed E-state index contributed by atoms with van der Waals surface area (Å²) in [6, 6.07) is 0.128. The fraction of sp³-hybridized carbons (Fsp3) is 0.739. The Morgan fingerprint density at radius 2 is 1.94 bits per heavy atom. The molecule has 7 nitrogen and oxygen atoms in total. The van der Waals surface area contributed by atoms with Crippen LogP contribution in [0.4, 0.5) is 4.79 Å². The summed E-state index contributed by atoms with van der Waals surface area (Å²) in [4.78, 5) is 15.2. The maximum atomic E-state index is 12.3. The van der Waals surface area contributed by atoms with Crippen LogP contribution in [0.25, 0.3) is 0 Å². The molecule has 1 heterocycles. The minimum atomic E-state index is -0.504. The lowest BCUT2D eigenvalue weighted by atomic mass is 9.90. The van der Waals surface area contributed by atoms with Crippen LogP contribution < -0.4 is 5.73 Å². The van der Waals surface area contributed by atoms with E-state index in [1.165, 1.54) is 16.7 Å². The Balaban J connectivity index is 1.60. The molecule has 0 aromatic carbocycles. The van der Waals surface area contributed by atoms with Crippen LogP contribution in [0, 0.1) is 11.3 Å². The summed E-state index contributed by atoms with van der Waals surface area (Å²) in [5, 5.41) is 18.7. The lowest BCUT2D eigenvalue weighted by Gasteiger charge is -2.35. The van der Waals surface area contributed by atoms with Gasteiger partial charge in [0.15, 0.2) is 5.88 Å². The number of carbonyl (C=O) groups excluding carboxylic acids is 1. The van der Waals surface area contributed by atoms with Crippen molar-refractivity contribution in [1.82, 2.24) is 4.90 Å². The summed E-state index contributed by atoms with van der Waals surface area (Å²) in [5.74, 6) is 0.574. The Labute approximate surface area is 189 Å². The normalized spacial score (nSPS) is 29.0. The van der Waals surface area contributed by atoms with Gasteiger partial charge < -0.3 is 25.2 Å². The molecule has 2 aliphatic carbocycles. The van der Waals surface area contributed by atoms with Crippen molar-refractivity contribution in [3.8, 4) is 0 Å². The second-order valence-corrected chi connectivity index (χ2v) is 11.1. The first-order chi connectivity index (χ1) is 14.5. The van der Waals surface area contributed by atoms with Crippen LogP contribution in [0.5, 0.6) is 0 Å². The van der Waals surface area contributed by atoms with E-state index in [9.17, 15) is 9.90 Å². The zero-order valence-corrected chi connectivity index (χ0v) is 20.2. The maximum Gasteiger partial charge on any atom is 0.410 e. The second kappa shape index (κ2) is 9.45. The lowest BCUT2D eigenvalue weighted by molar-refractivity contribution is 0.00812. The Morgan fingerprint density at radius 3 is 2.52 bits per heavy atom. The highest BCUT2D eigenvalue weighted by Gasteiger charge is 2.39. The van der Waals surface area contributed by atoms with Crippen LogP contribution in [0.3, 0.4) is 0 Å². The molecule has 0 aromatic heterocycles. The van der Waals surface area contributed by atoms with Crippen molar-refractivity contribution >= 4 is 22.9 Å². The lowest BCUT2D eigenvalue weighted by Crippen LogP contribution is -2.43. The molecular weight excluding hydrogens is 414 g/mol. The molecule has 0 spiro atoms. The molecule has 8 heteroatoms. The van der Waals surface area contributed by atoms with Gasteiger partial charge in [-0.3, -0.25) is 5.41 Å². The third-order valence-corrected chi connectivity index (χ3v) is 7.27. The smallest absolute Gasteiger partial charge is 0.410 e. The number of hydrogen-bond acceptors (Lipinski definition) is 7. The van der Waals surface area contributed by atoms with Crippen molar-refractivity contribution < 1.29 is 19.4 Å². The van der Waals surface area contributed by atoms with E-state index in [0.29, 0.717) is 17.3 Å². The maximum absolute atomic E-state index is 12.3. The molecule has 0 bridgehead atoms. The molecule has 0 saturated heterocycles. The molecule has 1 amide bonds. The minimum absolute atomic E-state index is 0.0187. The fourth-order valence-corrected chi connectivity index (χ4v) is 5.88. The van der Waals surface area contributed by atoms with E-state index in [1.54, 1.807) is 11.9 Å². The van der Waals surface area contributed by atoms with Gasteiger partial charge in [0, 0.05) is 13.1 Å². The van der Waals surface area contributed by atoms with Crippen LogP contribution in [-0.4, -0.2) is 52.0 Å². The SMILES string of the molecule is C[C@H](O)C[C@H]1CCC2=C1/C(=C(/N)O[C@H]1CC[C@H](N(C)C(=O)OC(C)(C)C)CC1)C(=N)S2. The van der Waals surface area contributed by atoms with Crippen LogP contribution in [0.2, 0.25) is 0 Å². The predicted molar refractivity (Wildman–Crippen MR) is 124 cm³/mol. The first-order valence-corrected chi connectivity index (χ1v) is 12.1. The number of carbonyl (C=O) groups is 1. The summed E-state index contributed by atoms with van der Waals surface area (Å²) in [5.41, 5.74) is 7.73. The van der Waals surface area contributed by atoms with Crippen molar-refractivity contribution in [3.63, 3.8) is 0 Å². The van der Waals surface area contributed by atoms with Gasteiger partial charge in [0.05, 0.1) is 11.7 Å². The predicted octanol–water partition coefficient (Wildman–Crippen LogP) is 4.51. The Kier molecular flexibility index (Phi) is 7.31. The molecule has 0 aromatic rings. The van der Waals surface area contributed by atoms with E-state index >= 15 is 0 Å². The molecule has 1 aliphatic heterocycles. The van der Waals surface area contributed by atoms with Crippen molar-refractivity contribution in [1.29, 1.82) is 5.41 Å². The number of aliphatic hydroxyl groups excluding tert-OH is 1. The Hall–Kier alpha value is -1.67. The van der Waals surface area contributed by atoms with Gasteiger partial charge in [-0.25, -0.2) is 4.79 Å². The Morgan fingerprint density at radius 1 is 1.29 bits per heavy atom. The van der Waals surface area contributed by atoms with Gasteiger partial charge in [-0.2, -0.15) is 0 Å². The van der Waals surface area contributed by atoms with E-state index in [4.69, 9.17) is 20.6 Å². The number of allylic oxidation sites excluding steroid dienone is 2. The summed E-state index contributed by atoms with van der Waals surface area (Å²) < 4.78 is 11.6. The zero-order valence-electron chi connectivity index (χ0n) is 19.4. The van der Waals surface area contributed by atoms with E-state index in [2.05, 4.69) is 0 Å². The third kappa shape index (κ3) is 5.77. The molecule has 1 fully saturated rings. The highest BCUT2D eigenvalue weighted by atomic mass is 32.2. The minimum Gasteiger partial charge on any atom is -0.476 e. The molecule has 0 radical (unpaired) electrons. The van der Waals surface area contributed by atoms with Crippen molar-refractivity contribution in [2.75, 3.05) is 7.05 Å². The number of amides is 1. The summed E-state index contributed by atoms with van der Waals surface area (Å²) in [6.45, 7) is 7.42. The average Bonchev–Trinajstić information content (AvgIpc) is 3.18. The number of aliphatic hydroxyl groups is 1. The van der Waals surface area contributed by atoms with E-state index in [1.807, 2.05) is 27.7 Å². The van der Waals surface area contributed by atoms with Crippen LogP contribution in [0.1, 0.15) is 72.6 Å². The highest BCUT2D eigenvalue weighted by molar-refractivity contribution is 8.18. The number of rotatable bonds is 5. The molecule has 3 aliphatic rings. The van der Waals surface area contributed by atoms with Crippen molar-refractivity contribution in [2.24, 2.45) is 11.7 Å². The molecule has 31 heavy (non-hydrogen) atoms. The van der Waals surface area contributed by atoms with E-state index in [0.717, 1.165) is 49.7 Å². The van der Waals surface area contributed by atoms with Gasteiger partial charge >= 0.3 is 6.09 Å².